The predicted molar refractivity (Wildman–Crippen MR) is 133 cm³/mol. The van der Waals surface area contributed by atoms with E-state index in [1.54, 1.807) is 36.5 Å². The molecular weight excluding hydrogens is 454 g/mol. The Morgan fingerprint density at radius 3 is 2.44 bits per heavy atom. The maximum Gasteiger partial charge on any atom is 0.253 e. The van der Waals surface area contributed by atoms with E-state index >= 15 is 0 Å². The quantitative estimate of drug-likeness (QED) is 0.676. The second kappa shape index (κ2) is 10.6. The van der Waals surface area contributed by atoms with Crippen LogP contribution in [-0.4, -0.2) is 83.1 Å². The molecule has 2 aliphatic heterocycles. The number of likely N-dealkylation sites (tertiary alicyclic amines) is 1. The highest BCUT2D eigenvalue weighted by Gasteiger charge is 2.33. The highest BCUT2D eigenvalue weighted by Crippen LogP contribution is 2.29. The van der Waals surface area contributed by atoms with Gasteiger partial charge in [-0.3, -0.25) is 14.5 Å². The molecule has 0 aliphatic carbocycles. The van der Waals surface area contributed by atoms with Crippen LogP contribution in [0.4, 0.5) is 5.82 Å². The van der Waals surface area contributed by atoms with Crippen molar-refractivity contribution < 1.29 is 14.7 Å². The summed E-state index contributed by atoms with van der Waals surface area (Å²) < 4.78 is 0. The van der Waals surface area contributed by atoms with E-state index in [-0.39, 0.29) is 17.6 Å². The number of nitrogens with zero attached hydrogens (tertiary/aromatic N) is 4. The van der Waals surface area contributed by atoms with E-state index in [0.717, 1.165) is 51.4 Å². The number of phenolic OH excluding ortho intramolecular Hbond substituents is 1. The lowest BCUT2D eigenvalue weighted by Gasteiger charge is -2.46. The Kier molecular flexibility index (Phi) is 7.58. The summed E-state index contributed by atoms with van der Waals surface area (Å²) in [7, 11) is 0. The molecule has 1 atom stereocenters. The number of amides is 2. The fourth-order valence-electron chi connectivity index (χ4n) is 4.94. The summed E-state index contributed by atoms with van der Waals surface area (Å²) in [5.74, 6) is 0.735. The van der Waals surface area contributed by atoms with E-state index in [4.69, 9.17) is 11.6 Å². The van der Waals surface area contributed by atoms with E-state index < -0.39 is 0 Å². The minimum Gasteiger partial charge on any atom is -0.508 e. The van der Waals surface area contributed by atoms with Gasteiger partial charge >= 0.3 is 0 Å². The fraction of sp³-hybridized carbons (Fsp3) is 0.480. The van der Waals surface area contributed by atoms with Gasteiger partial charge in [-0.2, -0.15) is 0 Å². The monoisotopic (exact) mass is 485 g/mol. The van der Waals surface area contributed by atoms with Crippen molar-refractivity contribution >= 4 is 29.2 Å². The summed E-state index contributed by atoms with van der Waals surface area (Å²) in [6.45, 7) is 8.62. The van der Waals surface area contributed by atoms with Crippen molar-refractivity contribution in [3.05, 3.63) is 52.7 Å². The van der Waals surface area contributed by atoms with Gasteiger partial charge in [0.2, 0.25) is 0 Å². The van der Waals surface area contributed by atoms with E-state index in [9.17, 15) is 14.7 Å². The zero-order valence-corrected chi connectivity index (χ0v) is 20.5. The number of aromatic hydroxyl groups is 1. The van der Waals surface area contributed by atoms with Crippen LogP contribution in [0.15, 0.2) is 36.5 Å². The van der Waals surface area contributed by atoms with Gasteiger partial charge in [0, 0.05) is 63.1 Å². The standard InChI is InChI=1S/C25H32ClN5O3/c1-3-27-24(33)19-14-22(26)23(28-15-19)30-12-13-31(17(2)16-30)20-8-10-29(11-9-20)25(34)18-4-6-21(32)7-5-18/h4-7,14-15,17,20,32H,3,8-13,16H2,1-2H3,(H,27,33). The van der Waals surface area contributed by atoms with Crippen LogP contribution in [0.1, 0.15) is 47.4 Å². The molecule has 9 heteroatoms. The third-order valence-electron chi connectivity index (χ3n) is 6.73. The number of carbonyl (C=O) groups is 2. The molecule has 2 saturated heterocycles. The molecule has 1 aromatic carbocycles. The summed E-state index contributed by atoms with van der Waals surface area (Å²) >= 11 is 6.50. The molecule has 2 fully saturated rings. The van der Waals surface area contributed by atoms with Gasteiger partial charge in [-0.15, -0.1) is 0 Å². The number of hydrogen-bond acceptors (Lipinski definition) is 6. The maximum atomic E-state index is 12.8. The fourth-order valence-corrected chi connectivity index (χ4v) is 5.23. The van der Waals surface area contributed by atoms with Gasteiger partial charge in [-0.05, 0) is 57.0 Å². The molecule has 0 saturated carbocycles. The van der Waals surface area contributed by atoms with Crippen molar-refractivity contribution in [2.45, 2.75) is 38.8 Å². The van der Waals surface area contributed by atoms with Gasteiger partial charge in [0.15, 0.2) is 0 Å². The summed E-state index contributed by atoms with van der Waals surface area (Å²) in [4.78, 5) is 35.9. The number of carbonyl (C=O) groups excluding carboxylic acids is 2. The van der Waals surface area contributed by atoms with Crippen molar-refractivity contribution in [1.29, 1.82) is 0 Å². The van der Waals surface area contributed by atoms with Crippen molar-refractivity contribution in [3.63, 3.8) is 0 Å². The third-order valence-corrected chi connectivity index (χ3v) is 7.01. The molecule has 34 heavy (non-hydrogen) atoms. The molecule has 4 rings (SSSR count). The number of rotatable bonds is 5. The largest absolute Gasteiger partial charge is 0.508 e. The minimum absolute atomic E-state index is 0.0214. The van der Waals surface area contributed by atoms with Gasteiger partial charge in [0.25, 0.3) is 11.8 Å². The van der Waals surface area contributed by atoms with Gasteiger partial charge in [0.1, 0.15) is 11.6 Å². The number of nitrogens with one attached hydrogen (secondary N) is 1. The zero-order valence-electron chi connectivity index (χ0n) is 19.7. The van der Waals surface area contributed by atoms with Crippen LogP contribution in [0.5, 0.6) is 5.75 Å². The van der Waals surface area contributed by atoms with Gasteiger partial charge in [-0.1, -0.05) is 11.6 Å². The van der Waals surface area contributed by atoms with E-state index in [1.165, 1.54) is 0 Å². The number of pyridine rings is 1. The van der Waals surface area contributed by atoms with Crippen molar-refractivity contribution in [2.75, 3.05) is 44.2 Å². The predicted octanol–water partition coefficient (Wildman–Crippen LogP) is 3.01. The number of benzene rings is 1. The first-order chi connectivity index (χ1) is 16.4. The van der Waals surface area contributed by atoms with E-state index in [0.29, 0.717) is 34.8 Å². The Bertz CT molecular complexity index is 1020. The summed E-state index contributed by atoms with van der Waals surface area (Å²) in [6, 6.07) is 8.89. The molecule has 2 aliphatic rings. The Morgan fingerprint density at radius 1 is 1.12 bits per heavy atom. The first kappa shape index (κ1) is 24.3. The molecule has 0 spiro atoms. The van der Waals surface area contributed by atoms with Crippen LogP contribution in [-0.2, 0) is 0 Å². The Balaban J connectivity index is 1.32. The van der Waals surface area contributed by atoms with Crippen LogP contribution < -0.4 is 10.2 Å². The first-order valence-corrected chi connectivity index (χ1v) is 12.3. The van der Waals surface area contributed by atoms with Crippen LogP contribution in [0.2, 0.25) is 5.02 Å². The lowest BCUT2D eigenvalue weighted by molar-refractivity contribution is 0.0525. The molecule has 2 N–H and O–H groups in total. The molecule has 0 radical (unpaired) electrons. The average molecular weight is 486 g/mol. The second-order valence-electron chi connectivity index (χ2n) is 8.99. The summed E-state index contributed by atoms with van der Waals surface area (Å²) in [5.41, 5.74) is 1.08. The molecule has 8 nitrogen and oxygen atoms in total. The molecular formula is C25H32ClN5O3. The number of piperidine rings is 1. The smallest absolute Gasteiger partial charge is 0.253 e. The minimum atomic E-state index is -0.170. The normalized spacial score (nSPS) is 19.8. The van der Waals surface area contributed by atoms with E-state index in [1.807, 2.05) is 11.8 Å². The van der Waals surface area contributed by atoms with Gasteiger partial charge < -0.3 is 20.2 Å². The summed E-state index contributed by atoms with van der Waals surface area (Å²) in [5, 5.41) is 12.7. The third kappa shape index (κ3) is 5.28. The number of phenols is 1. The highest BCUT2D eigenvalue weighted by atomic mass is 35.5. The molecule has 1 aromatic heterocycles. The molecule has 1 unspecified atom stereocenters. The Morgan fingerprint density at radius 2 is 1.82 bits per heavy atom. The molecule has 3 heterocycles. The van der Waals surface area contributed by atoms with Gasteiger partial charge in [-0.25, -0.2) is 4.98 Å². The lowest BCUT2D eigenvalue weighted by atomic mass is 9.99. The zero-order chi connectivity index (χ0) is 24.2. The SMILES string of the molecule is CCNC(=O)c1cnc(N2CCN(C3CCN(C(=O)c4ccc(O)cc4)CC3)C(C)C2)c(Cl)c1. The Labute approximate surface area is 205 Å². The molecule has 2 aromatic rings. The highest BCUT2D eigenvalue weighted by molar-refractivity contribution is 6.33. The van der Waals surface area contributed by atoms with Crippen molar-refractivity contribution in [2.24, 2.45) is 0 Å². The van der Waals surface area contributed by atoms with E-state index in [2.05, 4.69) is 27.0 Å². The van der Waals surface area contributed by atoms with Crippen LogP contribution in [0, 0.1) is 0 Å². The van der Waals surface area contributed by atoms with Crippen molar-refractivity contribution in [3.8, 4) is 5.75 Å². The topological polar surface area (TPSA) is 89.0 Å². The second-order valence-corrected chi connectivity index (χ2v) is 9.40. The van der Waals surface area contributed by atoms with Crippen LogP contribution in [0.25, 0.3) is 0 Å². The first-order valence-electron chi connectivity index (χ1n) is 11.9. The molecule has 182 valence electrons. The Hall–Kier alpha value is -2.84. The molecule has 0 bridgehead atoms. The lowest BCUT2D eigenvalue weighted by Crippen LogP contribution is -2.58. The number of piperazine rings is 1. The number of halogens is 1. The average Bonchev–Trinajstić information content (AvgIpc) is 2.84. The number of hydrogen-bond donors (Lipinski definition) is 2. The van der Waals surface area contributed by atoms with Crippen LogP contribution >= 0.6 is 11.6 Å². The van der Waals surface area contributed by atoms with Crippen molar-refractivity contribution in [1.82, 2.24) is 20.1 Å². The number of anilines is 1. The molecule has 2 amide bonds. The van der Waals surface area contributed by atoms with Crippen LogP contribution in [0.3, 0.4) is 0 Å². The van der Waals surface area contributed by atoms with Gasteiger partial charge in [0.05, 0.1) is 10.6 Å². The maximum absolute atomic E-state index is 12.8. The summed E-state index contributed by atoms with van der Waals surface area (Å²) in [6.07, 6.45) is 3.47. The number of aromatic nitrogens is 1.